The number of aryl methyl sites for hydroxylation is 1. The summed E-state index contributed by atoms with van der Waals surface area (Å²) in [4.78, 5) is 41.7. The minimum Gasteiger partial charge on any atom is -0.466 e. The largest absolute Gasteiger partial charge is 0.466 e. The molecule has 1 saturated heterocycles. The molecule has 2 rings (SSSR count). The molecule has 0 bridgehead atoms. The molecule has 26 heavy (non-hydrogen) atoms. The van der Waals surface area contributed by atoms with Gasteiger partial charge in [-0.3, -0.25) is 9.59 Å². The van der Waals surface area contributed by atoms with Crippen LogP contribution in [0.3, 0.4) is 0 Å². The molecule has 0 radical (unpaired) electrons. The molecular weight excluding hydrogens is 336 g/mol. The number of hydrogen-bond acceptors (Lipinski definition) is 5. The molecule has 7 nitrogen and oxygen atoms in total. The molecule has 0 atom stereocenters. The summed E-state index contributed by atoms with van der Waals surface area (Å²) in [5, 5.41) is 0. The Bertz CT molecular complexity index is 684. The third-order valence-electron chi connectivity index (χ3n) is 4.60. The smallest absolute Gasteiger partial charge is 0.340 e. The standard InChI is InChI=1S/C19H28N2O5/c1-6-25-18(23)14-7-9-21(10-8-14)17(22)16-12(4)15(13(5)20-16)19(24)26-11(2)3/h11,14,20H,6-10H2,1-5H3. The average Bonchev–Trinajstić information content (AvgIpc) is 2.88. The lowest BCUT2D eigenvalue weighted by atomic mass is 9.96. The number of aromatic amines is 1. The normalized spacial score (nSPS) is 15.2. The molecule has 1 aromatic heterocycles. The molecule has 1 fully saturated rings. The van der Waals surface area contributed by atoms with E-state index < -0.39 is 5.97 Å². The second-order valence-corrected chi connectivity index (χ2v) is 6.90. The van der Waals surface area contributed by atoms with Crippen molar-refractivity contribution >= 4 is 17.8 Å². The van der Waals surface area contributed by atoms with Gasteiger partial charge in [-0.05, 0) is 53.0 Å². The van der Waals surface area contributed by atoms with Gasteiger partial charge >= 0.3 is 11.9 Å². The Morgan fingerprint density at radius 2 is 1.81 bits per heavy atom. The van der Waals surface area contributed by atoms with Gasteiger partial charge in [0.25, 0.3) is 5.91 Å². The molecule has 2 heterocycles. The number of amides is 1. The second kappa shape index (κ2) is 8.38. The third kappa shape index (κ3) is 4.26. The summed E-state index contributed by atoms with van der Waals surface area (Å²) in [6.45, 7) is 10.2. The quantitative estimate of drug-likeness (QED) is 0.811. The van der Waals surface area contributed by atoms with E-state index in [2.05, 4.69) is 4.98 Å². The van der Waals surface area contributed by atoms with Crippen LogP contribution in [0.25, 0.3) is 0 Å². The molecule has 0 aromatic carbocycles. The number of nitrogens with one attached hydrogen (secondary N) is 1. The van der Waals surface area contributed by atoms with E-state index in [9.17, 15) is 14.4 Å². The van der Waals surface area contributed by atoms with Gasteiger partial charge in [-0.25, -0.2) is 4.79 Å². The van der Waals surface area contributed by atoms with Gasteiger partial charge in [0.05, 0.1) is 24.2 Å². The van der Waals surface area contributed by atoms with E-state index in [1.165, 1.54) is 0 Å². The first-order valence-electron chi connectivity index (χ1n) is 9.12. The minimum absolute atomic E-state index is 0.151. The fourth-order valence-electron chi connectivity index (χ4n) is 3.28. The Kier molecular flexibility index (Phi) is 6.45. The summed E-state index contributed by atoms with van der Waals surface area (Å²) in [5.74, 6) is -0.921. The number of hydrogen-bond donors (Lipinski definition) is 1. The van der Waals surface area contributed by atoms with Crippen molar-refractivity contribution in [1.82, 2.24) is 9.88 Å². The highest BCUT2D eigenvalue weighted by molar-refractivity contribution is 6.00. The number of rotatable bonds is 5. The molecular formula is C19H28N2O5. The van der Waals surface area contributed by atoms with Gasteiger partial charge in [0.1, 0.15) is 5.69 Å². The summed E-state index contributed by atoms with van der Waals surface area (Å²) >= 11 is 0. The van der Waals surface area contributed by atoms with Gasteiger partial charge in [0, 0.05) is 18.8 Å². The number of H-pyrrole nitrogens is 1. The fraction of sp³-hybridized carbons (Fsp3) is 0.632. The first-order valence-corrected chi connectivity index (χ1v) is 9.12. The van der Waals surface area contributed by atoms with E-state index in [4.69, 9.17) is 9.47 Å². The number of ether oxygens (including phenoxy) is 2. The number of piperidine rings is 1. The lowest BCUT2D eigenvalue weighted by Gasteiger charge is -2.30. The maximum absolute atomic E-state index is 12.9. The molecule has 1 N–H and O–H groups in total. The van der Waals surface area contributed by atoms with Crippen molar-refractivity contribution in [2.45, 2.75) is 53.6 Å². The Hall–Kier alpha value is -2.31. The Morgan fingerprint density at radius 3 is 2.35 bits per heavy atom. The minimum atomic E-state index is -0.425. The van der Waals surface area contributed by atoms with E-state index in [-0.39, 0.29) is 23.9 Å². The third-order valence-corrected chi connectivity index (χ3v) is 4.60. The Labute approximate surface area is 154 Å². The van der Waals surface area contributed by atoms with Gasteiger partial charge in [-0.2, -0.15) is 0 Å². The zero-order chi connectivity index (χ0) is 19.4. The number of likely N-dealkylation sites (tertiary alicyclic amines) is 1. The van der Waals surface area contributed by atoms with Gasteiger partial charge in [-0.1, -0.05) is 0 Å². The van der Waals surface area contributed by atoms with Crippen LogP contribution in [-0.2, 0) is 14.3 Å². The van der Waals surface area contributed by atoms with Crippen LogP contribution < -0.4 is 0 Å². The van der Waals surface area contributed by atoms with E-state index in [1.807, 2.05) is 0 Å². The monoisotopic (exact) mass is 364 g/mol. The summed E-state index contributed by atoms with van der Waals surface area (Å²) < 4.78 is 10.3. The SMILES string of the molecule is CCOC(=O)C1CCN(C(=O)c2[nH]c(C)c(C(=O)OC(C)C)c2C)CC1. The zero-order valence-corrected chi connectivity index (χ0v) is 16.2. The predicted octanol–water partition coefficient (Wildman–Crippen LogP) is 2.61. The molecule has 1 aliphatic rings. The highest BCUT2D eigenvalue weighted by Gasteiger charge is 2.31. The molecule has 7 heteroatoms. The van der Waals surface area contributed by atoms with Gasteiger partial charge in [0.2, 0.25) is 0 Å². The molecule has 0 spiro atoms. The zero-order valence-electron chi connectivity index (χ0n) is 16.2. The van der Waals surface area contributed by atoms with Crippen LogP contribution in [0.4, 0.5) is 0 Å². The van der Waals surface area contributed by atoms with Gasteiger partial charge in [0.15, 0.2) is 0 Å². The van der Waals surface area contributed by atoms with Gasteiger partial charge < -0.3 is 19.4 Å². The highest BCUT2D eigenvalue weighted by Crippen LogP contribution is 2.24. The Balaban J connectivity index is 2.09. The summed E-state index contributed by atoms with van der Waals surface area (Å²) in [7, 11) is 0. The number of aromatic nitrogens is 1. The van der Waals surface area contributed by atoms with Crippen LogP contribution in [0.5, 0.6) is 0 Å². The van der Waals surface area contributed by atoms with Crippen molar-refractivity contribution < 1.29 is 23.9 Å². The molecule has 1 amide bonds. The van der Waals surface area contributed by atoms with E-state index in [1.54, 1.807) is 39.5 Å². The van der Waals surface area contributed by atoms with Crippen molar-refractivity contribution in [2.24, 2.45) is 5.92 Å². The van der Waals surface area contributed by atoms with Crippen LogP contribution in [0.2, 0.25) is 0 Å². The predicted molar refractivity (Wildman–Crippen MR) is 96.1 cm³/mol. The maximum atomic E-state index is 12.9. The molecule has 0 unspecified atom stereocenters. The van der Waals surface area contributed by atoms with Crippen LogP contribution in [0.1, 0.15) is 65.7 Å². The van der Waals surface area contributed by atoms with Crippen LogP contribution in [-0.4, -0.2) is 53.5 Å². The topological polar surface area (TPSA) is 88.7 Å². The average molecular weight is 364 g/mol. The van der Waals surface area contributed by atoms with E-state index in [0.717, 1.165) is 0 Å². The first kappa shape index (κ1) is 20.0. The number of carbonyl (C=O) groups is 3. The molecule has 1 aliphatic heterocycles. The number of nitrogens with zero attached hydrogens (tertiary/aromatic N) is 1. The van der Waals surface area contributed by atoms with Crippen molar-refractivity contribution in [2.75, 3.05) is 19.7 Å². The summed E-state index contributed by atoms with van der Waals surface area (Å²) in [6.07, 6.45) is 0.953. The number of esters is 2. The van der Waals surface area contributed by atoms with Crippen LogP contribution >= 0.6 is 0 Å². The van der Waals surface area contributed by atoms with Gasteiger partial charge in [-0.15, -0.1) is 0 Å². The summed E-state index contributed by atoms with van der Waals surface area (Å²) in [5.41, 5.74) is 2.06. The fourth-order valence-corrected chi connectivity index (χ4v) is 3.28. The van der Waals surface area contributed by atoms with E-state index in [0.29, 0.717) is 55.1 Å². The molecule has 1 aromatic rings. The lowest BCUT2D eigenvalue weighted by molar-refractivity contribution is -0.149. The lowest BCUT2D eigenvalue weighted by Crippen LogP contribution is -2.41. The van der Waals surface area contributed by atoms with Crippen molar-refractivity contribution in [3.8, 4) is 0 Å². The van der Waals surface area contributed by atoms with Crippen molar-refractivity contribution in [1.29, 1.82) is 0 Å². The molecule has 144 valence electrons. The van der Waals surface area contributed by atoms with E-state index >= 15 is 0 Å². The second-order valence-electron chi connectivity index (χ2n) is 6.90. The van der Waals surface area contributed by atoms with Crippen molar-refractivity contribution in [3.05, 3.63) is 22.5 Å². The first-order chi connectivity index (χ1) is 12.3. The highest BCUT2D eigenvalue weighted by atomic mass is 16.5. The van der Waals surface area contributed by atoms with Crippen molar-refractivity contribution in [3.63, 3.8) is 0 Å². The van der Waals surface area contributed by atoms with Crippen LogP contribution in [0, 0.1) is 19.8 Å². The van der Waals surface area contributed by atoms with Crippen LogP contribution in [0.15, 0.2) is 0 Å². The number of carbonyl (C=O) groups excluding carboxylic acids is 3. The maximum Gasteiger partial charge on any atom is 0.340 e. The summed E-state index contributed by atoms with van der Waals surface area (Å²) in [6, 6.07) is 0. The molecule has 0 aliphatic carbocycles. The Morgan fingerprint density at radius 1 is 1.19 bits per heavy atom. The molecule has 0 saturated carbocycles.